The fourth-order valence-corrected chi connectivity index (χ4v) is 3.26. The topological polar surface area (TPSA) is 69.6 Å². The highest BCUT2D eigenvalue weighted by atomic mass is 16.4. The Labute approximate surface area is 164 Å². The molecule has 0 fully saturated rings. The third-order valence-corrected chi connectivity index (χ3v) is 4.58. The van der Waals surface area contributed by atoms with E-state index in [9.17, 15) is 9.59 Å². The second-order valence-corrected chi connectivity index (χ2v) is 7.59. The summed E-state index contributed by atoms with van der Waals surface area (Å²) in [6.07, 6.45) is 9.67. The van der Waals surface area contributed by atoms with Crippen LogP contribution in [-0.4, -0.2) is 48.6 Å². The molecule has 0 radical (unpaired) electrons. The number of likely N-dealkylation sites (N-methyl/N-ethyl adjacent to an activating group) is 1. The Hall–Kier alpha value is -1.88. The highest BCUT2D eigenvalue weighted by Gasteiger charge is 2.16. The number of carbonyl (C=O) groups excluding carboxylic acids is 1. The van der Waals surface area contributed by atoms with Gasteiger partial charge in [0.2, 0.25) is 5.91 Å². The molecule has 0 aromatic heterocycles. The molecule has 1 aromatic rings. The predicted molar refractivity (Wildman–Crippen MR) is 110 cm³/mol. The zero-order valence-corrected chi connectivity index (χ0v) is 17.0. The van der Waals surface area contributed by atoms with Gasteiger partial charge in [0.25, 0.3) is 0 Å². The number of nitrogens with one attached hydrogen (secondary N) is 1. The molecule has 0 aliphatic rings. The first-order valence-electron chi connectivity index (χ1n) is 10.2. The van der Waals surface area contributed by atoms with E-state index < -0.39 is 5.97 Å². The van der Waals surface area contributed by atoms with Gasteiger partial charge in [-0.1, -0.05) is 62.4 Å². The summed E-state index contributed by atoms with van der Waals surface area (Å²) >= 11 is 0. The molecule has 1 aromatic carbocycles. The van der Waals surface area contributed by atoms with Gasteiger partial charge in [-0.25, -0.2) is 0 Å². The maximum Gasteiger partial charge on any atom is 0.305 e. The van der Waals surface area contributed by atoms with E-state index in [1.807, 2.05) is 19.0 Å². The van der Waals surface area contributed by atoms with Crippen LogP contribution < -0.4 is 5.32 Å². The third kappa shape index (κ3) is 13.0. The van der Waals surface area contributed by atoms with Crippen LogP contribution in [0.4, 0.5) is 0 Å². The van der Waals surface area contributed by atoms with Gasteiger partial charge in [-0.05, 0) is 38.9 Å². The first-order valence-corrected chi connectivity index (χ1v) is 10.2. The molecule has 5 heteroatoms. The largest absolute Gasteiger partial charge is 0.481 e. The lowest BCUT2D eigenvalue weighted by Gasteiger charge is -2.20. The van der Waals surface area contributed by atoms with Crippen LogP contribution in [0.1, 0.15) is 63.4 Å². The van der Waals surface area contributed by atoms with E-state index in [-0.39, 0.29) is 18.4 Å². The summed E-state index contributed by atoms with van der Waals surface area (Å²) < 4.78 is 0. The minimum atomic E-state index is -0.880. The summed E-state index contributed by atoms with van der Waals surface area (Å²) in [5, 5.41) is 11.8. The summed E-state index contributed by atoms with van der Waals surface area (Å²) in [7, 11) is 3.75. The van der Waals surface area contributed by atoms with Gasteiger partial charge in [0.05, 0.1) is 12.5 Å². The van der Waals surface area contributed by atoms with Gasteiger partial charge in [0.15, 0.2) is 0 Å². The molecular formula is C22H36N2O3. The number of rotatable bonds is 15. The van der Waals surface area contributed by atoms with Crippen LogP contribution in [0, 0.1) is 0 Å². The Morgan fingerprint density at radius 3 is 2.15 bits per heavy atom. The lowest BCUT2D eigenvalue weighted by molar-refractivity contribution is -0.137. The van der Waals surface area contributed by atoms with E-state index in [1.165, 1.54) is 31.2 Å². The Bertz CT molecular complexity index is 532. The highest BCUT2D eigenvalue weighted by molar-refractivity contribution is 5.77. The predicted octanol–water partition coefficient (Wildman–Crippen LogP) is 3.87. The van der Waals surface area contributed by atoms with E-state index in [1.54, 1.807) is 0 Å². The number of amides is 1. The zero-order chi connectivity index (χ0) is 19.9. The summed E-state index contributed by atoms with van der Waals surface area (Å²) in [6.45, 7) is 0.543. The average Bonchev–Trinajstić information content (AvgIpc) is 2.60. The second-order valence-electron chi connectivity index (χ2n) is 7.59. The number of carboxylic acid groups (broad SMARTS) is 1. The molecule has 1 amide bonds. The van der Waals surface area contributed by atoms with E-state index in [0.717, 1.165) is 25.7 Å². The number of carboxylic acids is 1. The Kier molecular flexibility index (Phi) is 12.2. The quantitative estimate of drug-likeness (QED) is 0.456. The molecule has 0 unspecified atom stereocenters. The van der Waals surface area contributed by atoms with Gasteiger partial charge in [0, 0.05) is 13.0 Å². The lowest BCUT2D eigenvalue weighted by Crippen LogP contribution is -2.42. The molecule has 152 valence electrons. The molecule has 0 heterocycles. The number of aryl methyl sites for hydroxylation is 1. The maximum absolute atomic E-state index is 12.0. The molecule has 0 saturated heterocycles. The van der Waals surface area contributed by atoms with Crippen LogP contribution >= 0.6 is 0 Å². The molecule has 5 nitrogen and oxygen atoms in total. The molecule has 27 heavy (non-hydrogen) atoms. The van der Waals surface area contributed by atoms with Crippen LogP contribution in [0.3, 0.4) is 0 Å². The number of benzene rings is 1. The normalized spacial score (nSPS) is 12.1. The number of carbonyl (C=O) groups is 2. The van der Waals surface area contributed by atoms with Gasteiger partial charge in [-0.15, -0.1) is 0 Å². The van der Waals surface area contributed by atoms with Crippen molar-refractivity contribution in [2.75, 3.05) is 20.6 Å². The molecule has 0 aliphatic carbocycles. The van der Waals surface area contributed by atoms with Crippen molar-refractivity contribution < 1.29 is 14.7 Å². The summed E-state index contributed by atoms with van der Waals surface area (Å²) in [6, 6.07) is 10.3. The lowest BCUT2D eigenvalue weighted by atomic mass is 10.0. The number of hydrogen-bond donors (Lipinski definition) is 2. The molecule has 2 N–H and O–H groups in total. The molecule has 1 atom stereocenters. The van der Waals surface area contributed by atoms with Crippen LogP contribution in [0.15, 0.2) is 30.3 Å². The van der Waals surface area contributed by atoms with Crippen molar-refractivity contribution in [3.63, 3.8) is 0 Å². The van der Waals surface area contributed by atoms with Crippen LogP contribution in [-0.2, 0) is 16.0 Å². The summed E-state index contributed by atoms with van der Waals surface area (Å²) in [5.41, 5.74) is 1.42. The SMILES string of the molecule is CN(C)C[C@@H](CC(=O)O)NC(=O)CCCCCCCCCc1ccccc1. The van der Waals surface area contributed by atoms with E-state index in [2.05, 4.69) is 35.6 Å². The van der Waals surface area contributed by atoms with Gasteiger partial charge in [-0.3, -0.25) is 9.59 Å². The van der Waals surface area contributed by atoms with E-state index in [0.29, 0.717) is 13.0 Å². The molecular weight excluding hydrogens is 340 g/mol. The summed E-state index contributed by atoms with van der Waals surface area (Å²) in [5.74, 6) is -0.916. The minimum absolute atomic E-state index is 0.0348. The fraction of sp³-hybridized carbons (Fsp3) is 0.636. The third-order valence-electron chi connectivity index (χ3n) is 4.58. The Morgan fingerprint density at radius 1 is 0.963 bits per heavy atom. The standard InChI is InChI=1S/C22H36N2O3/c1-24(2)18-20(17-22(26)27)23-21(25)16-12-7-5-3-4-6-9-13-19-14-10-8-11-15-19/h8,10-11,14-15,20H,3-7,9,12-13,16-18H2,1-2H3,(H,23,25)(H,26,27)/t20-/m1/s1. The smallest absolute Gasteiger partial charge is 0.305 e. The van der Waals surface area contributed by atoms with Gasteiger partial charge < -0.3 is 15.3 Å². The van der Waals surface area contributed by atoms with Crippen molar-refractivity contribution in [2.45, 2.75) is 70.3 Å². The Morgan fingerprint density at radius 2 is 1.56 bits per heavy atom. The minimum Gasteiger partial charge on any atom is -0.481 e. The molecule has 0 bridgehead atoms. The van der Waals surface area contributed by atoms with Gasteiger partial charge >= 0.3 is 5.97 Å². The summed E-state index contributed by atoms with van der Waals surface area (Å²) in [4.78, 5) is 24.8. The van der Waals surface area contributed by atoms with Crippen molar-refractivity contribution in [1.29, 1.82) is 0 Å². The van der Waals surface area contributed by atoms with Crippen molar-refractivity contribution in [2.24, 2.45) is 0 Å². The molecule has 0 aliphatic heterocycles. The van der Waals surface area contributed by atoms with Crippen molar-refractivity contribution in [3.8, 4) is 0 Å². The zero-order valence-electron chi connectivity index (χ0n) is 17.0. The first-order chi connectivity index (χ1) is 13.0. The fourth-order valence-electron chi connectivity index (χ4n) is 3.26. The number of aliphatic carboxylic acids is 1. The average molecular weight is 377 g/mol. The van der Waals surface area contributed by atoms with Crippen LogP contribution in [0.5, 0.6) is 0 Å². The van der Waals surface area contributed by atoms with Crippen LogP contribution in [0.25, 0.3) is 0 Å². The maximum atomic E-state index is 12.0. The molecule has 0 saturated carbocycles. The monoisotopic (exact) mass is 376 g/mol. The van der Waals surface area contributed by atoms with Crippen molar-refractivity contribution in [3.05, 3.63) is 35.9 Å². The van der Waals surface area contributed by atoms with Crippen molar-refractivity contribution >= 4 is 11.9 Å². The van der Waals surface area contributed by atoms with Gasteiger partial charge in [0.1, 0.15) is 0 Å². The number of nitrogens with zero attached hydrogens (tertiary/aromatic N) is 1. The van der Waals surface area contributed by atoms with Gasteiger partial charge in [-0.2, -0.15) is 0 Å². The van der Waals surface area contributed by atoms with Crippen LogP contribution in [0.2, 0.25) is 0 Å². The van der Waals surface area contributed by atoms with Crippen molar-refractivity contribution in [1.82, 2.24) is 10.2 Å². The van der Waals surface area contributed by atoms with E-state index >= 15 is 0 Å². The van der Waals surface area contributed by atoms with E-state index in [4.69, 9.17) is 5.11 Å². The highest BCUT2D eigenvalue weighted by Crippen LogP contribution is 2.11. The number of unbranched alkanes of at least 4 members (excludes halogenated alkanes) is 6. The second kappa shape index (κ2) is 14.2. The Balaban J connectivity index is 2.01. The molecule has 1 rings (SSSR count). The first kappa shape index (κ1) is 23.2. The molecule has 0 spiro atoms. The number of hydrogen-bond acceptors (Lipinski definition) is 3.